The van der Waals surface area contributed by atoms with Crippen molar-refractivity contribution >= 4 is 5.91 Å². The van der Waals surface area contributed by atoms with Crippen LogP contribution >= 0.6 is 0 Å². The van der Waals surface area contributed by atoms with Crippen LogP contribution in [0.5, 0.6) is 0 Å². The highest BCUT2D eigenvalue weighted by Gasteiger charge is 2.16. The van der Waals surface area contributed by atoms with Crippen molar-refractivity contribution in [2.24, 2.45) is 0 Å². The summed E-state index contributed by atoms with van der Waals surface area (Å²) >= 11 is 0. The second kappa shape index (κ2) is 4.45. The second-order valence-electron chi connectivity index (χ2n) is 3.64. The molecule has 0 aromatic heterocycles. The summed E-state index contributed by atoms with van der Waals surface area (Å²) < 4.78 is 0. The van der Waals surface area contributed by atoms with Crippen LogP contribution in [0.3, 0.4) is 0 Å². The van der Waals surface area contributed by atoms with Crippen molar-refractivity contribution in [2.45, 2.75) is 19.3 Å². The number of amides is 1. The highest BCUT2D eigenvalue weighted by Crippen LogP contribution is 2.08. The third-order valence-electron chi connectivity index (χ3n) is 2.23. The number of hydrogen-bond acceptors (Lipinski definition) is 2. The molecule has 0 saturated carbocycles. The summed E-state index contributed by atoms with van der Waals surface area (Å²) in [6.07, 6.45) is 3.05. The molecule has 0 spiro atoms. The van der Waals surface area contributed by atoms with Gasteiger partial charge in [-0.3, -0.25) is 4.79 Å². The molecule has 0 N–H and O–H groups in total. The predicted octanol–water partition coefficient (Wildman–Crippen LogP) is 0.560. The zero-order valence-electron chi connectivity index (χ0n) is 8.05. The van der Waals surface area contributed by atoms with Gasteiger partial charge in [-0.15, -0.1) is 0 Å². The summed E-state index contributed by atoms with van der Waals surface area (Å²) in [6.45, 7) is 2.83. The summed E-state index contributed by atoms with van der Waals surface area (Å²) in [4.78, 5) is 15.5. The van der Waals surface area contributed by atoms with Gasteiger partial charge in [0.05, 0.1) is 0 Å². The molecule has 1 aliphatic rings. The lowest BCUT2D eigenvalue weighted by molar-refractivity contribution is -0.130. The fraction of sp³-hybridized carbons (Fsp3) is 0.889. The lowest BCUT2D eigenvalue weighted by Crippen LogP contribution is -2.30. The van der Waals surface area contributed by atoms with E-state index in [1.165, 1.54) is 12.8 Å². The van der Waals surface area contributed by atoms with Gasteiger partial charge in [-0.25, -0.2) is 0 Å². The Morgan fingerprint density at radius 1 is 1.33 bits per heavy atom. The Morgan fingerprint density at radius 3 is 2.42 bits per heavy atom. The molecule has 0 aliphatic carbocycles. The molecule has 1 fully saturated rings. The Morgan fingerprint density at radius 2 is 1.92 bits per heavy atom. The largest absolute Gasteiger partial charge is 0.343 e. The first kappa shape index (κ1) is 9.52. The van der Waals surface area contributed by atoms with E-state index in [1.54, 1.807) is 0 Å². The van der Waals surface area contributed by atoms with Crippen LogP contribution in [0.25, 0.3) is 0 Å². The van der Waals surface area contributed by atoms with E-state index in [-0.39, 0.29) is 0 Å². The SMILES string of the molecule is CN(C)CCC(=O)N1CCCC1. The van der Waals surface area contributed by atoms with E-state index in [4.69, 9.17) is 0 Å². The minimum atomic E-state index is 0.321. The summed E-state index contributed by atoms with van der Waals surface area (Å²) in [6, 6.07) is 0. The number of nitrogens with zero attached hydrogens (tertiary/aromatic N) is 2. The first-order valence-corrected chi connectivity index (χ1v) is 4.62. The van der Waals surface area contributed by atoms with E-state index in [9.17, 15) is 4.79 Å². The van der Waals surface area contributed by atoms with Crippen LogP contribution in [0.4, 0.5) is 0 Å². The molecule has 70 valence electrons. The van der Waals surface area contributed by atoms with Gasteiger partial charge in [-0.05, 0) is 26.9 Å². The van der Waals surface area contributed by atoms with Crippen LogP contribution in [-0.2, 0) is 4.79 Å². The lowest BCUT2D eigenvalue weighted by atomic mass is 10.3. The highest BCUT2D eigenvalue weighted by atomic mass is 16.2. The average Bonchev–Trinajstić information content (AvgIpc) is 2.51. The third-order valence-corrected chi connectivity index (χ3v) is 2.23. The first-order valence-electron chi connectivity index (χ1n) is 4.62. The number of hydrogen-bond donors (Lipinski definition) is 0. The van der Waals surface area contributed by atoms with Crippen LogP contribution in [0.2, 0.25) is 0 Å². The smallest absolute Gasteiger partial charge is 0.223 e. The maximum Gasteiger partial charge on any atom is 0.223 e. The van der Waals surface area contributed by atoms with Gasteiger partial charge in [0.1, 0.15) is 0 Å². The maximum absolute atomic E-state index is 11.4. The van der Waals surface area contributed by atoms with Gasteiger partial charge in [0.25, 0.3) is 0 Å². The molecule has 1 rings (SSSR count). The van der Waals surface area contributed by atoms with Crippen molar-refractivity contribution < 1.29 is 4.79 Å². The van der Waals surface area contributed by atoms with E-state index < -0.39 is 0 Å². The molecule has 1 saturated heterocycles. The molecule has 0 aromatic rings. The van der Waals surface area contributed by atoms with Crippen LogP contribution in [-0.4, -0.2) is 49.4 Å². The van der Waals surface area contributed by atoms with Gasteiger partial charge in [0.15, 0.2) is 0 Å². The molecule has 12 heavy (non-hydrogen) atoms. The Kier molecular flexibility index (Phi) is 3.53. The Bertz CT molecular complexity index is 151. The minimum Gasteiger partial charge on any atom is -0.343 e. The molecule has 1 aliphatic heterocycles. The highest BCUT2D eigenvalue weighted by molar-refractivity contribution is 5.76. The quantitative estimate of drug-likeness (QED) is 0.618. The zero-order chi connectivity index (χ0) is 8.97. The van der Waals surface area contributed by atoms with Crippen LogP contribution in [0.15, 0.2) is 0 Å². The van der Waals surface area contributed by atoms with E-state index >= 15 is 0 Å². The maximum atomic E-state index is 11.4. The average molecular weight is 170 g/mol. The summed E-state index contributed by atoms with van der Waals surface area (Å²) in [5.41, 5.74) is 0. The molecular weight excluding hydrogens is 152 g/mol. The van der Waals surface area contributed by atoms with Crippen molar-refractivity contribution in [3.05, 3.63) is 0 Å². The van der Waals surface area contributed by atoms with Crippen molar-refractivity contribution in [1.82, 2.24) is 9.80 Å². The van der Waals surface area contributed by atoms with Gasteiger partial charge in [0.2, 0.25) is 5.91 Å². The standard InChI is InChI=1S/C9H18N2O/c1-10(2)8-5-9(12)11-6-3-4-7-11/h3-8H2,1-2H3. The van der Waals surface area contributed by atoms with Gasteiger partial charge >= 0.3 is 0 Å². The Labute approximate surface area is 74.3 Å². The minimum absolute atomic E-state index is 0.321. The second-order valence-corrected chi connectivity index (χ2v) is 3.64. The molecular formula is C9H18N2O. The molecule has 0 unspecified atom stereocenters. The van der Waals surface area contributed by atoms with Crippen molar-refractivity contribution in [3.63, 3.8) is 0 Å². The van der Waals surface area contributed by atoms with Crippen molar-refractivity contribution in [2.75, 3.05) is 33.7 Å². The monoisotopic (exact) mass is 170 g/mol. The fourth-order valence-corrected chi connectivity index (χ4v) is 1.44. The first-order chi connectivity index (χ1) is 5.70. The summed E-state index contributed by atoms with van der Waals surface area (Å²) in [7, 11) is 3.99. The van der Waals surface area contributed by atoms with E-state index in [2.05, 4.69) is 0 Å². The van der Waals surface area contributed by atoms with Crippen molar-refractivity contribution in [1.29, 1.82) is 0 Å². The molecule has 1 amide bonds. The normalized spacial score (nSPS) is 17.4. The summed E-state index contributed by atoms with van der Waals surface area (Å²) in [5.74, 6) is 0.321. The third kappa shape index (κ3) is 2.81. The van der Waals surface area contributed by atoms with Gasteiger partial charge < -0.3 is 9.80 Å². The lowest BCUT2D eigenvalue weighted by Gasteiger charge is -2.16. The number of likely N-dealkylation sites (tertiary alicyclic amines) is 1. The van der Waals surface area contributed by atoms with Crippen LogP contribution < -0.4 is 0 Å². The predicted molar refractivity (Wildman–Crippen MR) is 49.0 cm³/mol. The molecule has 0 radical (unpaired) electrons. The Hall–Kier alpha value is -0.570. The topological polar surface area (TPSA) is 23.6 Å². The Balaban J connectivity index is 2.18. The van der Waals surface area contributed by atoms with Crippen LogP contribution in [0, 0.1) is 0 Å². The van der Waals surface area contributed by atoms with E-state index in [1.807, 2.05) is 23.9 Å². The zero-order valence-corrected chi connectivity index (χ0v) is 8.05. The van der Waals surface area contributed by atoms with E-state index in [0.29, 0.717) is 12.3 Å². The fourth-order valence-electron chi connectivity index (χ4n) is 1.44. The molecule has 0 bridgehead atoms. The number of carbonyl (C=O) groups is 1. The van der Waals surface area contributed by atoms with Crippen LogP contribution in [0.1, 0.15) is 19.3 Å². The molecule has 0 atom stereocenters. The number of rotatable bonds is 3. The molecule has 1 heterocycles. The molecule has 3 nitrogen and oxygen atoms in total. The number of carbonyl (C=O) groups excluding carboxylic acids is 1. The van der Waals surface area contributed by atoms with Gasteiger partial charge in [-0.1, -0.05) is 0 Å². The van der Waals surface area contributed by atoms with Gasteiger partial charge in [0, 0.05) is 26.1 Å². The van der Waals surface area contributed by atoms with E-state index in [0.717, 1.165) is 19.6 Å². The molecule has 0 aromatic carbocycles. The summed E-state index contributed by atoms with van der Waals surface area (Å²) in [5, 5.41) is 0. The molecule has 3 heteroatoms. The van der Waals surface area contributed by atoms with Gasteiger partial charge in [-0.2, -0.15) is 0 Å². The van der Waals surface area contributed by atoms with Crippen molar-refractivity contribution in [3.8, 4) is 0 Å².